The Labute approximate surface area is 79.3 Å². The van der Waals surface area contributed by atoms with Crippen molar-refractivity contribution >= 4 is 12.0 Å². The summed E-state index contributed by atoms with van der Waals surface area (Å²) < 4.78 is 0. The molecule has 14 heavy (non-hydrogen) atoms. The Morgan fingerprint density at radius 2 is 2.07 bits per heavy atom. The molecule has 0 radical (unpaired) electrons. The second-order valence-corrected chi connectivity index (χ2v) is 2.81. The summed E-state index contributed by atoms with van der Waals surface area (Å²) in [7, 11) is 0. The van der Waals surface area contributed by atoms with Crippen LogP contribution in [0.1, 0.15) is 0 Å². The lowest BCUT2D eigenvalue weighted by Gasteiger charge is -1.99. The molecular formula is C10H6N2O2. The molecule has 2 rings (SSSR count). The van der Waals surface area contributed by atoms with Gasteiger partial charge in [0.15, 0.2) is 0 Å². The highest BCUT2D eigenvalue weighted by Crippen LogP contribution is 2.01. The van der Waals surface area contributed by atoms with Crippen molar-refractivity contribution < 1.29 is 4.79 Å². The molecule has 0 fully saturated rings. The fourth-order valence-electron chi connectivity index (χ4n) is 1.26. The van der Waals surface area contributed by atoms with Gasteiger partial charge in [0.25, 0.3) is 5.91 Å². The maximum Gasteiger partial charge on any atom is 0.279 e. The van der Waals surface area contributed by atoms with E-state index in [0.717, 1.165) is 11.4 Å². The maximum absolute atomic E-state index is 11.3. The molecule has 0 saturated heterocycles. The van der Waals surface area contributed by atoms with Gasteiger partial charge in [0.2, 0.25) is 0 Å². The first-order chi connectivity index (χ1) is 6.81. The van der Waals surface area contributed by atoms with E-state index in [4.69, 9.17) is 0 Å². The summed E-state index contributed by atoms with van der Waals surface area (Å²) in [4.78, 5) is 25.1. The van der Waals surface area contributed by atoms with E-state index in [1.807, 2.05) is 12.1 Å². The first-order valence-electron chi connectivity index (χ1n) is 4.04. The number of rotatable bonds is 1. The summed E-state index contributed by atoms with van der Waals surface area (Å²) in [6.45, 7) is 0. The number of hydrogen-bond donors (Lipinski definition) is 0. The van der Waals surface area contributed by atoms with Crippen LogP contribution in [-0.4, -0.2) is 5.91 Å². The van der Waals surface area contributed by atoms with Crippen molar-refractivity contribution in [3.8, 4) is 0 Å². The molecule has 0 aromatic heterocycles. The minimum atomic E-state index is -0.427. The Kier molecular flexibility index (Phi) is 2.02. The zero-order chi connectivity index (χ0) is 9.97. The standard InChI is InChI=1S/C10H6N2O2/c13-10-8(6-11-14)5-7-3-1-2-4-9(7)12-10/h1-6H/b8-6+. The van der Waals surface area contributed by atoms with Gasteiger partial charge in [-0.15, -0.1) is 4.91 Å². The second kappa shape index (κ2) is 3.33. The van der Waals surface area contributed by atoms with Crippen LogP contribution in [0.15, 0.2) is 46.2 Å². The number of nitroso groups, excluding NO2 is 1. The fraction of sp³-hybridized carbons (Fsp3) is 0. The van der Waals surface area contributed by atoms with Gasteiger partial charge >= 0.3 is 0 Å². The Balaban J connectivity index is 2.73. The number of para-hydroxylation sites is 1. The zero-order valence-corrected chi connectivity index (χ0v) is 7.18. The molecule has 0 atom stereocenters. The van der Waals surface area contributed by atoms with Crippen molar-refractivity contribution in [2.24, 2.45) is 10.2 Å². The van der Waals surface area contributed by atoms with E-state index < -0.39 is 5.91 Å². The van der Waals surface area contributed by atoms with Crippen molar-refractivity contribution in [3.05, 3.63) is 51.5 Å². The number of hydrogen-bond acceptors (Lipinski definition) is 3. The SMILES string of the molecule is O=N/C=C1\C=c2ccccc2=NC1=O. The highest BCUT2D eigenvalue weighted by molar-refractivity contribution is 6.02. The van der Waals surface area contributed by atoms with Crippen LogP contribution in [0.25, 0.3) is 6.08 Å². The summed E-state index contributed by atoms with van der Waals surface area (Å²) >= 11 is 0. The molecule has 1 aliphatic rings. The van der Waals surface area contributed by atoms with Gasteiger partial charge in [0, 0.05) is 5.22 Å². The minimum Gasteiger partial charge on any atom is -0.267 e. The van der Waals surface area contributed by atoms with Gasteiger partial charge < -0.3 is 0 Å². The lowest BCUT2D eigenvalue weighted by Crippen LogP contribution is -2.29. The lowest BCUT2D eigenvalue weighted by molar-refractivity contribution is -0.114. The van der Waals surface area contributed by atoms with Crippen LogP contribution < -0.4 is 10.6 Å². The molecule has 0 saturated carbocycles. The van der Waals surface area contributed by atoms with Crippen LogP contribution in [0.2, 0.25) is 0 Å². The van der Waals surface area contributed by atoms with Crippen molar-refractivity contribution in [1.29, 1.82) is 0 Å². The van der Waals surface area contributed by atoms with Crippen molar-refractivity contribution in [2.45, 2.75) is 0 Å². The number of carbonyl (C=O) groups excluding carboxylic acids is 1. The molecule has 0 aliphatic carbocycles. The summed E-state index contributed by atoms with van der Waals surface area (Å²) in [5, 5.41) is 4.01. The second-order valence-electron chi connectivity index (χ2n) is 2.81. The van der Waals surface area contributed by atoms with E-state index in [2.05, 4.69) is 10.2 Å². The largest absolute Gasteiger partial charge is 0.279 e. The molecule has 0 spiro atoms. The van der Waals surface area contributed by atoms with Crippen molar-refractivity contribution in [2.75, 3.05) is 0 Å². The smallest absolute Gasteiger partial charge is 0.267 e. The number of fused-ring (bicyclic) bond motifs is 1. The minimum absolute atomic E-state index is 0.221. The quantitative estimate of drug-likeness (QED) is 0.467. The average Bonchev–Trinajstić information content (AvgIpc) is 2.19. The Bertz CT molecular complexity index is 543. The Hall–Kier alpha value is -2.10. The summed E-state index contributed by atoms with van der Waals surface area (Å²) in [6.07, 6.45) is 2.58. The van der Waals surface area contributed by atoms with Gasteiger partial charge in [-0.3, -0.25) is 4.79 Å². The van der Waals surface area contributed by atoms with E-state index in [9.17, 15) is 9.70 Å². The molecule has 1 aliphatic heterocycles. The summed E-state index contributed by atoms with van der Waals surface area (Å²) in [5.74, 6) is -0.427. The third kappa shape index (κ3) is 1.37. The highest BCUT2D eigenvalue weighted by atomic mass is 16.2. The third-order valence-electron chi connectivity index (χ3n) is 1.91. The number of carbonyl (C=O) groups is 1. The molecule has 4 nitrogen and oxygen atoms in total. The molecular weight excluding hydrogens is 180 g/mol. The molecule has 1 aromatic carbocycles. The lowest BCUT2D eigenvalue weighted by atomic mass is 10.1. The van der Waals surface area contributed by atoms with E-state index >= 15 is 0 Å². The van der Waals surface area contributed by atoms with Crippen molar-refractivity contribution in [1.82, 2.24) is 0 Å². The predicted octanol–water partition coefficient (Wildman–Crippen LogP) is 0.277. The van der Waals surface area contributed by atoms with E-state index in [-0.39, 0.29) is 5.57 Å². The van der Waals surface area contributed by atoms with Gasteiger partial charge in [0.1, 0.15) is 0 Å². The van der Waals surface area contributed by atoms with Crippen LogP contribution >= 0.6 is 0 Å². The third-order valence-corrected chi connectivity index (χ3v) is 1.91. The molecule has 0 bridgehead atoms. The topological polar surface area (TPSA) is 58.9 Å². The average molecular weight is 186 g/mol. The Morgan fingerprint density at radius 1 is 1.29 bits per heavy atom. The van der Waals surface area contributed by atoms with E-state index in [1.165, 1.54) is 0 Å². The Morgan fingerprint density at radius 3 is 2.86 bits per heavy atom. The monoisotopic (exact) mass is 186 g/mol. The van der Waals surface area contributed by atoms with Crippen LogP contribution in [0.3, 0.4) is 0 Å². The maximum atomic E-state index is 11.3. The highest BCUT2D eigenvalue weighted by Gasteiger charge is 2.09. The summed E-state index contributed by atoms with van der Waals surface area (Å²) in [5.41, 5.74) is 0.221. The van der Waals surface area contributed by atoms with Gasteiger partial charge in [-0.1, -0.05) is 18.2 Å². The van der Waals surface area contributed by atoms with E-state index in [1.54, 1.807) is 18.2 Å². The number of amides is 1. The van der Waals surface area contributed by atoms with Crippen LogP contribution in [0, 0.1) is 4.91 Å². The van der Waals surface area contributed by atoms with Crippen molar-refractivity contribution in [3.63, 3.8) is 0 Å². The molecule has 1 aromatic rings. The van der Waals surface area contributed by atoms with Crippen LogP contribution in [0.4, 0.5) is 0 Å². The first kappa shape index (κ1) is 8.50. The fourth-order valence-corrected chi connectivity index (χ4v) is 1.26. The first-order valence-corrected chi connectivity index (χ1v) is 4.04. The van der Waals surface area contributed by atoms with Gasteiger partial charge in [-0.25, -0.2) is 4.99 Å². The number of nitrogens with zero attached hydrogens (tertiary/aromatic N) is 2. The molecule has 1 amide bonds. The van der Waals surface area contributed by atoms with Gasteiger partial charge in [0.05, 0.1) is 17.1 Å². The molecule has 0 N–H and O–H groups in total. The predicted molar refractivity (Wildman–Crippen MR) is 50.6 cm³/mol. The van der Waals surface area contributed by atoms with Gasteiger partial charge in [-0.05, 0) is 17.3 Å². The van der Waals surface area contributed by atoms with Crippen LogP contribution in [0.5, 0.6) is 0 Å². The molecule has 4 heteroatoms. The molecule has 68 valence electrons. The molecule has 0 unspecified atom stereocenters. The van der Waals surface area contributed by atoms with Crippen LogP contribution in [-0.2, 0) is 4.79 Å². The van der Waals surface area contributed by atoms with Gasteiger partial charge in [-0.2, -0.15) is 0 Å². The summed E-state index contributed by atoms with van der Waals surface area (Å²) in [6, 6.07) is 7.21. The zero-order valence-electron chi connectivity index (χ0n) is 7.18. The number of benzene rings is 1. The molecule has 1 heterocycles. The van der Waals surface area contributed by atoms with E-state index in [0.29, 0.717) is 5.36 Å². The normalized spacial score (nSPS) is 16.9.